The summed E-state index contributed by atoms with van der Waals surface area (Å²) in [5.74, 6) is -0.863. The number of hydrogen-bond acceptors (Lipinski definition) is 4. The van der Waals surface area contributed by atoms with Gasteiger partial charge in [0.1, 0.15) is 11.6 Å². The number of carbonyl (C=O) groups is 2. The monoisotopic (exact) mass is 395 g/mol. The molecule has 0 heterocycles. The molecule has 150 valence electrons. The summed E-state index contributed by atoms with van der Waals surface area (Å²) in [5, 5.41) is 4.63. The summed E-state index contributed by atoms with van der Waals surface area (Å²) >= 11 is 0. The van der Waals surface area contributed by atoms with E-state index in [4.69, 9.17) is 9.47 Å². The third-order valence-corrected chi connectivity index (χ3v) is 4.50. The number of halogens is 1. The van der Waals surface area contributed by atoms with Crippen molar-refractivity contribution in [3.8, 4) is 5.75 Å². The van der Waals surface area contributed by atoms with E-state index in [-0.39, 0.29) is 18.5 Å². The Morgan fingerprint density at radius 2 is 1.66 bits per heavy atom. The minimum atomic E-state index is -0.985. The molecule has 6 heteroatoms. The summed E-state index contributed by atoms with van der Waals surface area (Å²) in [6.45, 7) is 2.95. The predicted octanol–water partition coefficient (Wildman–Crippen LogP) is 4.17. The Bertz CT molecular complexity index is 998. The van der Waals surface area contributed by atoms with E-state index in [0.717, 1.165) is 16.3 Å². The molecule has 3 aromatic carbocycles. The van der Waals surface area contributed by atoms with Crippen molar-refractivity contribution < 1.29 is 23.5 Å². The van der Waals surface area contributed by atoms with Crippen molar-refractivity contribution in [2.45, 2.75) is 26.0 Å². The van der Waals surface area contributed by atoms with E-state index in [2.05, 4.69) is 5.32 Å². The quantitative estimate of drug-likeness (QED) is 0.610. The first-order valence-electron chi connectivity index (χ1n) is 9.30. The maximum atomic E-state index is 13.0. The van der Waals surface area contributed by atoms with Crippen LogP contribution in [-0.2, 0) is 14.3 Å². The van der Waals surface area contributed by atoms with Gasteiger partial charge < -0.3 is 14.8 Å². The van der Waals surface area contributed by atoms with Gasteiger partial charge in [0.2, 0.25) is 0 Å². The van der Waals surface area contributed by atoms with Gasteiger partial charge >= 0.3 is 5.97 Å². The van der Waals surface area contributed by atoms with E-state index in [0.29, 0.717) is 5.75 Å². The lowest BCUT2D eigenvalue weighted by Crippen LogP contribution is -2.38. The van der Waals surface area contributed by atoms with Crippen molar-refractivity contribution in [3.05, 3.63) is 78.1 Å². The Balaban J connectivity index is 1.51. The molecular weight excluding hydrogens is 373 g/mol. The minimum Gasteiger partial charge on any atom is -0.481 e. The fourth-order valence-electron chi connectivity index (χ4n) is 2.91. The molecule has 0 aliphatic heterocycles. The van der Waals surface area contributed by atoms with Gasteiger partial charge in [-0.1, -0.05) is 48.5 Å². The van der Waals surface area contributed by atoms with Gasteiger partial charge in [-0.05, 0) is 43.0 Å². The molecule has 0 bridgehead atoms. The van der Waals surface area contributed by atoms with E-state index < -0.39 is 18.0 Å². The summed E-state index contributed by atoms with van der Waals surface area (Å²) in [7, 11) is 0. The molecule has 0 saturated heterocycles. The first kappa shape index (κ1) is 20.3. The Morgan fingerprint density at radius 3 is 2.41 bits per heavy atom. The molecule has 0 aliphatic rings. The van der Waals surface area contributed by atoms with Crippen LogP contribution >= 0.6 is 0 Å². The van der Waals surface area contributed by atoms with Gasteiger partial charge in [0.25, 0.3) is 5.91 Å². The first-order chi connectivity index (χ1) is 13.9. The average Bonchev–Trinajstić information content (AvgIpc) is 2.72. The summed E-state index contributed by atoms with van der Waals surface area (Å²) in [6, 6.07) is 18.7. The van der Waals surface area contributed by atoms with Crippen LogP contribution in [-0.4, -0.2) is 24.6 Å². The second kappa shape index (κ2) is 9.19. The van der Waals surface area contributed by atoms with Gasteiger partial charge in [-0.3, -0.25) is 4.79 Å². The van der Waals surface area contributed by atoms with Crippen LogP contribution in [0.2, 0.25) is 0 Å². The molecule has 1 N–H and O–H groups in total. The molecule has 2 atom stereocenters. The number of rotatable bonds is 7. The van der Waals surface area contributed by atoms with Crippen LogP contribution in [0.4, 0.5) is 4.39 Å². The summed E-state index contributed by atoms with van der Waals surface area (Å²) < 4.78 is 23.8. The minimum absolute atomic E-state index is 0.306. The lowest BCUT2D eigenvalue weighted by atomic mass is 10.1. The summed E-state index contributed by atoms with van der Waals surface area (Å²) in [4.78, 5) is 24.4. The van der Waals surface area contributed by atoms with Crippen LogP contribution in [0.1, 0.15) is 25.5 Å². The van der Waals surface area contributed by atoms with Crippen LogP contribution in [0.5, 0.6) is 5.75 Å². The topological polar surface area (TPSA) is 64.6 Å². The number of fused-ring (bicyclic) bond motifs is 1. The lowest BCUT2D eigenvalue weighted by molar-refractivity contribution is -0.156. The van der Waals surface area contributed by atoms with Gasteiger partial charge in [-0.2, -0.15) is 0 Å². The van der Waals surface area contributed by atoms with Gasteiger partial charge in [0, 0.05) is 5.39 Å². The van der Waals surface area contributed by atoms with Crippen molar-refractivity contribution >= 4 is 22.6 Å². The van der Waals surface area contributed by atoms with Crippen molar-refractivity contribution in [1.82, 2.24) is 5.32 Å². The van der Waals surface area contributed by atoms with Gasteiger partial charge in [0.05, 0.1) is 6.04 Å². The molecule has 0 spiro atoms. The molecule has 3 aromatic rings. The smallest absolute Gasteiger partial charge is 0.344 e. The molecule has 0 aliphatic carbocycles. The van der Waals surface area contributed by atoms with E-state index >= 15 is 0 Å². The summed E-state index contributed by atoms with van der Waals surface area (Å²) in [5.41, 5.74) is 0.748. The summed E-state index contributed by atoms with van der Waals surface area (Å²) in [6.07, 6.45) is -0.985. The van der Waals surface area contributed by atoms with Crippen LogP contribution in [0.25, 0.3) is 10.8 Å². The lowest BCUT2D eigenvalue weighted by Gasteiger charge is -2.18. The Hall–Kier alpha value is -3.41. The molecule has 0 radical (unpaired) electrons. The molecule has 5 nitrogen and oxygen atoms in total. The number of amides is 1. The molecule has 0 fully saturated rings. The number of carbonyl (C=O) groups excluding carboxylic acids is 2. The number of nitrogens with one attached hydrogen (secondary N) is 1. The number of hydrogen-bond donors (Lipinski definition) is 1. The van der Waals surface area contributed by atoms with Gasteiger partial charge in [-0.15, -0.1) is 0 Å². The van der Waals surface area contributed by atoms with Crippen molar-refractivity contribution in [2.75, 3.05) is 6.61 Å². The highest BCUT2D eigenvalue weighted by molar-refractivity contribution is 5.88. The molecule has 0 saturated carbocycles. The predicted molar refractivity (Wildman–Crippen MR) is 108 cm³/mol. The van der Waals surface area contributed by atoms with Crippen LogP contribution < -0.4 is 10.1 Å². The highest BCUT2D eigenvalue weighted by atomic mass is 19.1. The SMILES string of the molecule is C[C@H](NC(=O)[C@@H](C)OC(=O)COc1cccc2ccccc12)c1ccc(F)cc1. The zero-order valence-electron chi connectivity index (χ0n) is 16.2. The highest BCUT2D eigenvalue weighted by Crippen LogP contribution is 2.25. The molecule has 0 unspecified atom stereocenters. The number of esters is 1. The largest absolute Gasteiger partial charge is 0.481 e. The Labute approximate surface area is 168 Å². The molecular formula is C23H22FNO4. The first-order valence-corrected chi connectivity index (χ1v) is 9.30. The fourth-order valence-corrected chi connectivity index (χ4v) is 2.91. The van der Waals surface area contributed by atoms with Gasteiger partial charge in [0.15, 0.2) is 12.7 Å². The molecule has 0 aromatic heterocycles. The molecule has 3 rings (SSSR count). The third-order valence-electron chi connectivity index (χ3n) is 4.50. The normalized spacial score (nSPS) is 12.8. The Kier molecular flexibility index (Phi) is 6.44. The maximum absolute atomic E-state index is 13.0. The Morgan fingerprint density at radius 1 is 0.966 bits per heavy atom. The number of benzene rings is 3. The zero-order chi connectivity index (χ0) is 20.8. The second-order valence-electron chi connectivity index (χ2n) is 6.68. The molecule has 1 amide bonds. The fraction of sp³-hybridized carbons (Fsp3) is 0.217. The van der Waals surface area contributed by atoms with Crippen LogP contribution in [0.15, 0.2) is 66.7 Å². The maximum Gasteiger partial charge on any atom is 0.344 e. The van der Waals surface area contributed by atoms with E-state index in [1.807, 2.05) is 36.4 Å². The average molecular weight is 395 g/mol. The van der Waals surface area contributed by atoms with Crippen molar-refractivity contribution in [1.29, 1.82) is 0 Å². The van der Waals surface area contributed by atoms with E-state index in [1.54, 1.807) is 25.1 Å². The van der Waals surface area contributed by atoms with Crippen molar-refractivity contribution in [2.24, 2.45) is 0 Å². The molecule has 29 heavy (non-hydrogen) atoms. The third kappa shape index (κ3) is 5.31. The van der Waals surface area contributed by atoms with Crippen LogP contribution in [0, 0.1) is 5.82 Å². The van der Waals surface area contributed by atoms with Crippen LogP contribution in [0.3, 0.4) is 0 Å². The van der Waals surface area contributed by atoms with E-state index in [9.17, 15) is 14.0 Å². The second-order valence-corrected chi connectivity index (χ2v) is 6.68. The standard InChI is InChI=1S/C23H22FNO4/c1-15(17-10-12-19(24)13-11-17)25-23(27)16(2)29-22(26)14-28-21-9-5-7-18-6-3-4-8-20(18)21/h3-13,15-16H,14H2,1-2H3,(H,25,27)/t15-,16+/m0/s1. The van der Waals surface area contributed by atoms with Gasteiger partial charge in [-0.25, -0.2) is 9.18 Å². The highest BCUT2D eigenvalue weighted by Gasteiger charge is 2.20. The number of ether oxygens (including phenoxy) is 2. The zero-order valence-corrected chi connectivity index (χ0v) is 16.2. The van der Waals surface area contributed by atoms with E-state index in [1.165, 1.54) is 19.1 Å². The van der Waals surface area contributed by atoms with Crippen molar-refractivity contribution in [3.63, 3.8) is 0 Å².